The van der Waals surface area contributed by atoms with E-state index in [1.54, 1.807) is 6.07 Å². The monoisotopic (exact) mass is 253 g/mol. The minimum atomic E-state index is -0.681. The number of halogens is 1. The lowest BCUT2D eigenvalue weighted by atomic mass is 10.1. The molecule has 0 atom stereocenters. The van der Waals surface area contributed by atoms with Crippen LogP contribution in [0.2, 0.25) is 5.02 Å². The summed E-state index contributed by atoms with van der Waals surface area (Å²) in [6.45, 7) is -0.140. The van der Waals surface area contributed by atoms with Crippen molar-refractivity contribution < 1.29 is 9.72 Å². The second kappa shape index (κ2) is 5.27. The summed E-state index contributed by atoms with van der Waals surface area (Å²) in [6.07, 6.45) is 0. The molecular weight excluding hydrogens is 246 g/mol. The van der Waals surface area contributed by atoms with Crippen LogP contribution in [0.5, 0.6) is 0 Å². The summed E-state index contributed by atoms with van der Waals surface area (Å²) in [5, 5.41) is 19.4. The molecule has 1 aromatic rings. The number of nitrogens with zero attached hydrogens (tertiary/aromatic N) is 3. The molecule has 1 amide bonds. The standard InChI is InChI=1S/C10H8ClN3O3/c1-13(5-4-12)10(15)8-3-2-7(11)6-9(8)14(16)17/h2-3,6H,5H2,1H3. The third-order valence-electron chi connectivity index (χ3n) is 2.04. The van der Waals surface area contributed by atoms with Gasteiger partial charge in [-0.05, 0) is 12.1 Å². The van der Waals surface area contributed by atoms with Crippen LogP contribution < -0.4 is 0 Å². The second-order valence-corrected chi connectivity index (χ2v) is 3.67. The summed E-state index contributed by atoms with van der Waals surface area (Å²) in [4.78, 5) is 23.0. The number of hydrogen-bond acceptors (Lipinski definition) is 4. The molecule has 0 saturated carbocycles. The number of nitriles is 1. The van der Waals surface area contributed by atoms with E-state index in [-0.39, 0.29) is 22.8 Å². The summed E-state index contributed by atoms with van der Waals surface area (Å²) in [7, 11) is 1.39. The van der Waals surface area contributed by atoms with Crippen molar-refractivity contribution in [1.82, 2.24) is 4.90 Å². The number of hydrogen-bond donors (Lipinski definition) is 0. The van der Waals surface area contributed by atoms with Crippen LogP contribution in [0.1, 0.15) is 10.4 Å². The molecular formula is C10H8ClN3O3. The Hall–Kier alpha value is -2.13. The van der Waals surface area contributed by atoms with E-state index < -0.39 is 10.8 Å². The number of amides is 1. The van der Waals surface area contributed by atoms with Crippen LogP contribution in [-0.2, 0) is 0 Å². The maximum atomic E-state index is 11.8. The molecule has 0 fully saturated rings. The first-order chi connectivity index (χ1) is 7.97. The average molecular weight is 254 g/mol. The van der Waals surface area contributed by atoms with Gasteiger partial charge in [0.1, 0.15) is 12.1 Å². The molecule has 0 aliphatic carbocycles. The molecule has 0 aliphatic rings. The van der Waals surface area contributed by atoms with Gasteiger partial charge >= 0.3 is 0 Å². The molecule has 1 rings (SSSR count). The summed E-state index contributed by atoms with van der Waals surface area (Å²) in [6, 6.07) is 5.56. The average Bonchev–Trinajstić information content (AvgIpc) is 2.28. The van der Waals surface area contributed by atoms with Gasteiger partial charge in [-0.1, -0.05) is 11.6 Å². The minimum Gasteiger partial charge on any atom is -0.328 e. The topological polar surface area (TPSA) is 87.2 Å². The highest BCUT2D eigenvalue weighted by Crippen LogP contribution is 2.24. The molecule has 0 bridgehead atoms. The molecule has 0 aliphatic heterocycles. The van der Waals surface area contributed by atoms with Gasteiger partial charge in [-0.25, -0.2) is 0 Å². The van der Waals surface area contributed by atoms with Gasteiger partial charge in [-0.15, -0.1) is 0 Å². The predicted molar refractivity (Wildman–Crippen MR) is 60.7 cm³/mol. The largest absolute Gasteiger partial charge is 0.328 e. The lowest BCUT2D eigenvalue weighted by Gasteiger charge is -2.12. The number of rotatable bonds is 3. The van der Waals surface area contributed by atoms with Crippen molar-refractivity contribution in [1.29, 1.82) is 5.26 Å². The zero-order chi connectivity index (χ0) is 13.0. The summed E-state index contributed by atoms with van der Waals surface area (Å²) >= 11 is 5.62. The van der Waals surface area contributed by atoms with Gasteiger partial charge in [0, 0.05) is 18.1 Å². The molecule has 88 valence electrons. The molecule has 0 unspecified atom stereocenters. The van der Waals surface area contributed by atoms with Crippen molar-refractivity contribution in [2.24, 2.45) is 0 Å². The smallest absolute Gasteiger partial charge is 0.283 e. The molecule has 0 aromatic heterocycles. The highest BCUT2D eigenvalue weighted by Gasteiger charge is 2.22. The lowest BCUT2D eigenvalue weighted by molar-refractivity contribution is -0.385. The predicted octanol–water partition coefficient (Wildman–Crippen LogP) is 1.84. The van der Waals surface area contributed by atoms with Crippen molar-refractivity contribution >= 4 is 23.2 Å². The van der Waals surface area contributed by atoms with E-state index in [2.05, 4.69) is 0 Å². The molecule has 1 aromatic carbocycles. The van der Waals surface area contributed by atoms with Gasteiger partial charge in [-0.2, -0.15) is 5.26 Å². The maximum absolute atomic E-state index is 11.8. The van der Waals surface area contributed by atoms with Gasteiger partial charge in [0.15, 0.2) is 0 Å². The quantitative estimate of drug-likeness (QED) is 0.467. The van der Waals surface area contributed by atoms with Crippen molar-refractivity contribution in [2.45, 2.75) is 0 Å². The van der Waals surface area contributed by atoms with E-state index in [4.69, 9.17) is 16.9 Å². The zero-order valence-corrected chi connectivity index (χ0v) is 9.64. The fourth-order valence-corrected chi connectivity index (χ4v) is 1.39. The minimum absolute atomic E-state index is 0.0860. The fraction of sp³-hybridized carbons (Fsp3) is 0.200. The van der Waals surface area contributed by atoms with Gasteiger partial charge in [0.25, 0.3) is 11.6 Å². The Balaban J connectivity index is 3.18. The molecule has 0 saturated heterocycles. The SMILES string of the molecule is CN(CC#N)C(=O)c1ccc(Cl)cc1[N+](=O)[O-]. The number of nitro benzene ring substituents is 1. The van der Waals surface area contributed by atoms with Gasteiger partial charge in [0.05, 0.1) is 11.0 Å². The first kappa shape index (κ1) is 12.9. The Morgan fingerprint density at radius 1 is 1.65 bits per heavy atom. The number of carbonyl (C=O) groups is 1. The fourth-order valence-electron chi connectivity index (χ4n) is 1.22. The first-order valence-electron chi connectivity index (χ1n) is 4.53. The normalized spacial score (nSPS) is 9.47. The maximum Gasteiger partial charge on any atom is 0.283 e. The van der Waals surface area contributed by atoms with Crippen LogP contribution >= 0.6 is 11.6 Å². The second-order valence-electron chi connectivity index (χ2n) is 3.24. The number of nitro groups is 1. The van der Waals surface area contributed by atoms with Crippen molar-refractivity contribution in [3.05, 3.63) is 38.9 Å². The van der Waals surface area contributed by atoms with Crippen LogP contribution in [0.3, 0.4) is 0 Å². The highest BCUT2D eigenvalue weighted by atomic mass is 35.5. The van der Waals surface area contributed by atoms with Gasteiger partial charge in [-0.3, -0.25) is 14.9 Å². The summed E-state index contributed by atoms with van der Waals surface area (Å²) < 4.78 is 0. The van der Waals surface area contributed by atoms with E-state index in [0.29, 0.717) is 0 Å². The van der Waals surface area contributed by atoms with E-state index in [1.165, 1.54) is 19.2 Å². The summed E-state index contributed by atoms with van der Waals surface area (Å²) in [5.41, 5.74) is -0.454. The van der Waals surface area contributed by atoms with Crippen LogP contribution in [0.4, 0.5) is 5.69 Å². The Bertz CT molecular complexity index is 510. The zero-order valence-electron chi connectivity index (χ0n) is 8.88. The third kappa shape index (κ3) is 2.92. The van der Waals surface area contributed by atoms with Crippen LogP contribution in [0.25, 0.3) is 0 Å². The van der Waals surface area contributed by atoms with Crippen molar-refractivity contribution in [3.63, 3.8) is 0 Å². The molecule has 0 N–H and O–H groups in total. The van der Waals surface area contributed by atoms with Crippen LogP contribution in [0, 0.1) is 21.4 Å². The Morgan fingerprint density at radius 3 is 2.82 bits per heavy atom. The molecule has 6 nitrogen and oxygen atoms in total. The molecule has 7 heteroatoms. The highest BCUT2D eigenvalue weighted by molar-refractivity contribution is 6.31. The Kier molecular flexibility index (Phi) is 4.01. The molecule has 0 heterocycles. The first-order valence-corrected chi connectivity index (χ1v) is 4.91. The van der Waals surface area contributed by atoms with Crippen LogP contribution in [-0.4, -0.2) is 29.3 Å². The van der Waals surface area contributed by atoms with Crippen molar-refractivity contribution in [2.75, 3.05) is 13.6 Å². The Morgan fingerprint density at radius 2 is 2.29 bits per heavy atom. The van der Waals surface area contributed by atoms with Crippen LogP contribution in [0.15, 0.2) is 18.2 Å². The molecule has 17 heavy (non-hydrogen) atoms. The molecule has 0 radical (unpaired) electrons. The van der Waals surface area contributed by atoms with Gasteiger partial charge < -0.3 is 4.90 Å². The van der Waals surface area contributed by atoms with Crippen molar-refractivity contribution in [3.8, 4) is 6.07 Å². The van der Waals surface area contributed by atoms with Gasteiger partial charge in [0.2, 0.25) is 0 Å². The summed E-state index contributed by atoms with van der Waals surface area (Å²) in [5.74, 6) is -0.588. The van der Waals surface area contributed by atoms with E-state index >= 15 is 0 Å². The molecule has 0 spiro atoms. The Labute approximate surface area is 102 Å². The lowest BCUT2D eigenvalue weighted by Crippen LogP contribution is -2.27. The van der Waals surface area contributed by atoms with E-state index in [0.717, 1.165) is 11.0 Å². The van der Waals surface area contributed by atoms with E-state index in [1.807, 2.05) is 0 Å². The van der Waals surface area contributed by atoms with E-state index in [9.17, 15) is 14.9 Å². The third-order valence-corrected chi connectivity index (χ3v) is 2.28. The number of benzene rings is 1. The number of carbonyl (C=O) groups excluding carboxylic acids is 1.